The van der Waals surface area contributed by atoms with Gasteiger partial charge in [-0.15, -0.1) is 0 Å². The Morgan fingerprint density at radius 1 is 1.46 bits per heavy atom. The SMILES string of the molecule is Cc1ccc([C@H](CO)N=[N+]=[N-])cc1. The minimum Gasteiger partial charge on any atom is -0.396 e. The maximum Gasteiger partial charge on any atom is 0.0856 e. The van der Waals surface area contributed by atoms with Gasteiger partial charge in [0, 0.05) is 4.91 Å². The van der Waals surface area contributed by atoms with Gasteiger partial charge in [-0.3, -0.25) is 0 Å². The molecule has 68 valence electrons. The molecular weight excluding hydrogens is 166 g/mol. The molecule has 13 heavy (non-hydrogen) atoms. The maximum atomic E-state index is 8.92. The minimum atomic E-state index is -0.467. The smallest absolute Gasteiger partial charge is 0.0856 e. The van der Waals surface area contributed by atoms with Crippen molar-refractivity contribution in [1.82, 2.24) is 0 Å². The Morgan fingerprint density at radius 3 is 2.54 bits per heavy atom. The van der Waals surface area contributed by atoms with E-state index in [9.17, 15) is 0 Å². The van der Waals surface area contributed by atoms with Gasteiger partial charge in [0.2, 0.25) is 0 Å². The lowest BCUT2D eigenvalue weighted by Gasteiger charge is -2.07. The first-order chi connectivity index (χ1) is 6.27. The standard InChI is InChI=1S/C9H11N3O/c1-7-2-4-8(5-3-7)9(6-13)11-12-10/h2-5,9,13H,6H2,1H3/t9-/m0/s1. The quantitative estimate of drug-likeness (QED) is 0.429. The van der Waals surface area contributed by atoms with Crippen LogP contribution in [-0.4, -0.2) is 11.7 Å². The van der Waals surface area contributed by atoms with Crippen molar-refractivity contribution in [1.29, 1.82) is 0 Å². The Morgan fingerprint density at radius 2 is 2.08 bits per heavy atom. The van der Waals surface area contributed by atoms with Gasteiger partial charge < -0.3 is 5.11 Å². The Kier molecular flexibility index (Phi) is 3.31. The summed E-state index contributed by atoms with van der Waals surface area (Å²) in [6.07, 6.45) is 0. The van der Waals surface area contributed by atoms with Crippen LogP contribution >= 0.6 is 0 Å². The van der Waals surface area contributed by atoms with E-state index in [1.807, 2.05) is 31.2 Å². The predicted octanol–water partition coefficient (Wildman–Crippen LogP) is 2.34. The summed E-state index contributed by atoms with van der Waals surface area (Å²) in [5, 5.41) is 12.4. The van der Waals surface area contributed by atoms with Crippen LogP contribution in [0.15, 0.2) is 29.4 Å². The lowest BCUT2D eigenvalue weighted by molar-refractivity contribution is 0.268. The molecule has 1 rings (SSSR count). The summed E-state index contributed by atoms with van der Waals surface area (Å²) in [6.45, 7) is 1.82. The van der Waals surface area contributed by atoms with Gasteiger partial charge in [0.15, 0.2) is 0 Å². The molecule has 0 unspecified atom stereocenters. The van der Waals surface area contributed by atoms with E-state index in [2.05, 4.69) is 10.0 Å². The maximum absolute atomic E-state index is 8.92. The van der Waals surface area contributed by atoms with Gasteiger partial charge in [0.25, 0.3) is 0 Å². The Balaban J connectivity index is 2.91. The largest absolute Gasteiger partial charge is 0.396 e. The highest BCUT2D eigenvalue weighted by molar-refractivity contribution is 5.24. The van der Waals surface area contributed by atoms with Crippen LogP contribution in [0, 0.1) is 6.92 Å². The molecule has 0 bridgehead atoms. The van der Waals surface area contributed by atoms with Crippen molar-refractivity contribution in [3.63, 3.8) is 0 Å². The Bertz CT molecular complexity index is 314. The fourth-order valence-electron chi connectivity index (χ4n) is 1.06. The van der Waals surface area contributed by atoms with Crippen molar-refractivity contribution in [2.45, 2.75) is 13.0 Å². The number of hydrogen-bond acceptors (Lipinski definition) is 2. The van der Waals surface area contributed by atoms with E-state index in [1.54, 1.807) is 0 Å². The summed E-state index contributed by atoms with van der Waals surface area (Å²) in [5.41, 5.74) is 10.2. The molecule has 0 saturated carbocycles. The van der Waals surface area contributed by atoms with E-state index in [0.717, 1.165) is 11.1 Å². The molecule has 1 aromatic rings. The number of azide groups is 1. The first-order valence-electron chi connectivity index (χ1n) is 3.99. The third-order valence-electron chi connectivity index (χ3n) is 1.83. The molecule has 1 atom stereocenters. The summed E-state index contributed by atoms with van der Waals surface area (Å²) < 4.78 is 0. The zero-order valence-electron chi connectivity index (χ0n) is 7.38. The van der Waals surface area contributed by atoms with Crippen LogP contribution in [0.1, 0.15) is 17.2 Å². The zero-order valence-corrected chi connectivity index (χ0v) is 7.38. The second kappa shape index (κ2) is 4.50. The molecule has 0 saturated heterocycles. The monoisotopic (exact) mass is 177 g/mol. The predicted molar refractivity (Wildman–Crippen MR) is 50.2 cm³/mol. The van der Waals surface area contributed by atoms with Crippen LogP contribution in [0.2, 0.25) is 0 Å². The molecule has 0 amide bonds. The van der Waals surface area contributed by atoms with Crippen LogP contribution < -0.4 is 0 Å². The summed E-state index contributed by atoms with van der Waals surface area (Å²) in [6, 6.07) is 7.08. The van der Waals surface area contributed by atoms with E-state index >= 15 is 0 Å². The minimum absolute atomic E-state index is 0.160. The van der Waals surface area contributed by atoms with Crippen molar-refractivity contribution in [3.8, 4) is 0 Å². The third-order valence-corrected chi connectivity index (χ3v) is 1.83. The summed E-state index contributed by atoms with van der Waals surface area (Å²) >= 11 is 0. The number of hydrogen-bond donors (Lipinski definition) is 1. The molecule has 4 heteroatoms. The van der Waals surface area contributed by atoms with E-state index in [-0.39, 0.29) is 6.61 Å². The van der Waals surface area contributed by atoms with Crippen molar-refractivity contribution in [3.05, 3.63) is 45.8 Å². The van der Waals surface area contributed by atoms with Gasteiger partial charge in [-0.2, -0.15) is 0 Å². The highest BCUT2D eigenvalue weighted by atomic mass is 16.3. The fraction of sp³-hybridized carbons (Fsp3) is 0.333. The van der Waals surface area contributed by atoms with Crippen LogP contribution in [0.3, 0.4) is 0 Å². The molecule has 0 aliphatic rings. The van der Waals surface area contributed by atoms with Crippen molar-refractivity contribution < 1.29 is 5.11 Å². The average Bonchev–Trinajstić information content (AvgIpc) is 2.16. The molecule has 4 nitrogen and oxygen atoms in total. The van der Waals surface area contributed by atoms with Crippen molar-refractivity contribution in [2.75, 3.05) is 6.61 Å². The van der Waals surface area contributed by atoms with Crippen molar-refractivity contribution >= 4 is 0 Å². The Labute approximate surface area is 76.5 Å². The molecule has 0 fully saturated rings. The van der Waals surface area contributed by atoms with E-state index in [4.69, 9.17) is 10.6 Å². The normalized spacial score (nSPS) is 11.8. The van der Waals surface area contributed by atoms with Gasteiger partial charge in [0.1, 0.15) is 0 Å². The number of rotatable bonds is 3. The first-order valence-corrected chi connectivity index (χ1v) is 3.99. The number of aryl methyl sites for hydroxylation is 1. The number of aliphatic hydroxyl groups is 1. The average molecular weight is 177 g/mol. The van der Waals surface area contributed by atoms with Crippen LogP contribution in [0.5, 0.6) is 0 Å². The van der Waals surface area contributed by atoms with E-state index in [1.165, 1.54) is 0 Å². The zero-order chi connectivity index (χ0) is 9.68. The molecule has 0 aliphatic carbocycles. The second-order valence-corrected chi connectivity index (χ2v) is 2.81. The summed E-state index contributed by atoms with van der Waals surface area (Å²) in [7, 11) is 0. The summed E-state index contributed by atoms with van der Waals surface area (Å²) in [4.78, 5) is 2.67. The Hall–Kier alpha value is -1.51. The second-order valence-electron chi connectivity index (χ2n) is 2.81. The highest BCUT2D eigenvalue weighted by Crippen LogP contribution is 2.17. The van der Waals surface area contributed by atoms with Crippen LogP contribution in [0.4, 0.5) is 0 Å². The molecule has 1 N–H and O–H groups in total. The summed E-state index contributed by atoms with van der Waals surface area (Å²) in [5.74, 6) is 0. The fourth-order valence-corrected chi connectivity index (χ4v) is 1.06. The van der Waals surface area contributed by atoms with Gasteiger partial charge in [-0.1, -0.05) is 34.9 Å². The topological polar surface area (TPSA) is 69.0 Å². The van der Waals surface area contributed by atoms with Crippen LogP contribution in [-0.2, 0) is 0 Å². The first kappa shape index (κ1) is 9.58. The molecule has 0 heterocycles. The third kappa shape index (κ3) is 2.47. The van der Waals surface area contributed by atoms with Gasteiger partial charge in [-0.25, -0.2) is 0 Å². The van der Waals surface area contributed by atoms with E-state index in [0.29, 0.717) is 0 Å². The van der Waals surface area contributed by atoms with Crippen molar-refractivity contribution in [2.24, 2.45) is 5.11 Å². The van der Waals surface area contributed by atoms with Gasteiger partial charge >= 0.3 is 0 Å². The highest BCUT2D eigenvalue weighted by Gasteiger charge is 2.06. The van der Waals surface area contributed by atoms with E-state index < -0.39 is 6.04 Å². The van der Waals surface area contributed by atoms with Gasteiger partial charge in [-0.05, 0) is 18.0 Å². The lowest BCUT2D eigenvalue weighted by atomic mass is 10.1. The lowest BCUT2D eigenvalue weighted by Crippen LogP contribution is -1.99. The molecule has 0 radical (unpaired) electrons. The molecular formula is C9H11N3O. The number of nitrogens with zero attached hydrogens (tertiary/aromatic N) is 3. The molecule has 0 aromatic heterocycles. The van der Waals surface area contributed by atoms with Gasteiger partial charge in [0.05, 0.1) is 12.6 Å². The number of benzene rings is 1. The molecule has 0 aliphatic heterocycles. The molecule has 1 aromatic carbocycles. The van der Waals surface area contributed by atoms with Crippen LogP contribution in [0.25, 0.3) is 10.4 Å². The molecule has 0 spiro atoms. The number of aliphatic hydroxyl groups excluding tert-OH is 1.